The first-order valence-electron chi connectivity index (χ1n) is 6.04. The molecule has 19 heavy (non-hydrogen) atoms. The summed E-state index contributed by atoms with van der Waals surface area (Å²) in [5.74, 6) is -1.14. The van der Waals surface area contributed by atoms with E-state index in [0.29, 0.717) is 6.54 Å². The van der Waals surface area contributed by atoms with E-state index in [4.69, 9.17) is 15.0 Å². The summed E-state index contributed by atoms with van der Waals surface area (Å²) in [6, 6.07) is 0. The molecule has 10 heteroatoms. The fourth-order valence-corrected chi connectivity index (χ4v) is 3.69. The van der Waals surface area contributed by atoms with Crippen molar-refractivity contribution >= 4 is 15.2 Å². The predicted octanol–water partition coefficient (Wildman–Crippen LogP) is 1.68. The average Bonchev–Trinajstić information content (AvgIpc) is 2.27. The Kier molecular flexibility index (Phi) is 8.59. The van der Waals surface area contributed by atoms with Crippen LogP contribution in [0.3, 0.4) is 0 Å². The molecule has 2 unspecified atom stereocenters. The van der Waals surface area contributed by atoms with E-state index in [9.17, 15) is 14.0 Å². The summed E-state index contributed by atoms with van der Waals surface area (Å²) in [6.45, 7) is 2.49. The third kappa shape index (κ3) is 8.17. The Bertz CT molecular complexity index is 345. The van der Waals surface area contributed by atoms with Gasteiger partial charge in [-0.1, -0.05) is 19.8 Å². The minimum atomic E-state index is -4.34. The molecule has 0 fully saturated rings. The summed E-state index contributed by atoms with van der Waals surface area (Å²) in [5, 5.41) is 8.48. The van der Waals surface area contributed by atoms with Crippen molar-refractivity contribution in [2.75, 3.05) is 19.8 Å². The Morgan fingerprint density at radius 3 is 2.21 bits per heavy atom. The highest BCUT2D eigenvalue weighted by Crippen LogP contribution is 2.51. The Balaban J connectivity index is 4.67. The molecule has 0 aromatic heterocycles. The normalized spacial score (nSPS) is 17.4. The topological polar surface area (TPSA) is 128 Å². The van der Waals surface area contributed by atoms with Gasteiger partial charge in [0, 0.05) is 0 Å². The highest BCUT2D eigenvalue weighted by molar-refractivity contribution is 7.53. The monoisotopic (exact) mass is 319 g/mol. The lowest BCUT2D eigenvalue weighted by Gasteiger charge is -2.29. The van der Waals surface area contributed by atoms with E-state index in [0.717, 1.165) is 19.3 Å². The first-order chi connectivity index (χ1) is 8.64. The van der Waals surface area contributed by atoms with Crippen molar-refractivity contribution < 1.29 is 33.7 Å². The molecule has 0 saturated carbocycles. The molecule has 8 nitrogen and oxygen atoms in total. The van der Waals surface area contributed by atoms with Crippen LogP contribution in [0.5, 0.6) is 0 Å². The van der Waals surface area contributed by atoms with E-state index in [2.05, 4.69) is 4.67 Å². The second-order valence-electron chi connectivity index (χ2n) is 4.49. The predicted molar refractivity (Wildman–Crippen MR) is 71.0 cm³/mol. The molecule has 0 heterocycles. The van der Waals surface area contributed by atoms with Gasteiger partial charge in [0.15, 0.2) is 0 Å². The minimum Gasteiger partial charge on any atom is -0.324 e. The first kappa shape index (κ1) is 19.2. The smallest absolute Gasteiger partial charge is 0.324 e. The second kappa shape index (κ2) is 8.49. The van der Waals surface area contributed by atoms with Crippen molar-refractivity contribution in [1.82, 2.24) is 4.90 Å². The van der Waals surface area contributed by atoms with Crippen LogP contribution in [-0.2, 0) is 13.8 Å². The van der Waals surface area contributed by atoms with Gasteiger partial charge in [-0.25, -0.2) is 5.26 Å². The van der Waals surface area contributed by atoms with Gasteiger partial charge in [0.05, 0.1) is 6.16 Å². The minimum absolute atomic E-state index is 0.235. The van der Waals surface area contributed by atoms with Gasteiger partial charge in [-0.3, -0.25) is 14.0 Å². The van der Waals surface area contributed by atoms with Crippen molar-refractivity contribution in [1.29, 1.82) is 0 Å². The molecular formula is C9H23NO7P2. The summed E-state index contributed by atoms with van der Waals surface area (Å²) in [5.41, 5.74) is 0. The third-order valence-electron chi connectivity index (χ3n) is 2.80. The van der Waals surface area contributed by atoms with E-state index < -0.39 is 27.1 Å². The van der Waals surface area contributed by atoms with Gasteiger partial charge in [-0.15, -0.1) is 0 Å². The Hall–Kier alpha value is 0.220. The molecule has 0 aliphatic rings. The summed E-state index contributed by atoms with van der Waals surface area (Å²) in [7, 11) is -7.05. The fraction of sp³-hybridized carbons (Fsp3) is 1.00. The number of nitrogens with zero attached hydrogens (tertiary/aromatic N) is 1. The molecule has 0 rings (SSSR count). The second-order valence-corrected chi connectivity index (χ2v) is 8.16. The van der Waals surface area contributed by atoms with Gasteiger partial charge in [-0.2, -0.15) is 4.67 Å². The maximum atomic E-state index is 11.7. The summed E-state index contributed by atoms with van der Waals surface area (Å²) >= 11 is 0. The van der Waals surface area contributed by atoms with Crippen molar-refractivity contribution in [3.05, 3.63) is 0 Å². The maximum absolute atomic E-state index is 11.7. The lowest BCUT2D eigenvalue weighted by atomic mass is 10.2. The Morgan fingerprint density at radius 1 is 1.21 bits per heavy atom. The SMILES string of the molecule is CCCCCN(C)C(CCP(=O)(O)O)P(=O)(O)OO. The summed E-state index contributed by atoms with van der Waals surface area (Å²) < 4.78 is 26.1. The highest BCUT2D eigenvalue weighted by Gasteiger charge is 2.37. The molecule has 0 aromatic rings. The van der Waals surface area contributed by atoms with Gasteiger partial charge in [0.2, 0.25) is 0 Å². The third-order valence-corrected chi connectivity index (χ3v) is 5.28. The lowest BCUT2D eigenvalue weighted by molar-refractivity contribution is -0.149. The first-order valence-corrected chi connectivity index (χ1v) is 9.49. The Labute approximate surface area is 113 Å². The molecule has 0 aliphatic carbocycles. The fourth-order valence-electron chi connectivity index (χ4n) is 1.73. The van der Waals surface area contributed by atoms with Crippen LogP contribution in [0.1, 0.15) is 32.6 Å². The van der Waals surface area contributed by atoms with E-state index in [1.807, 2.05) is 6.92 Å². The van der Waals surface area contributed by atoms with Gasteiger partial charge in [0.25, 0.3) is 0 Å². The molecular weight excluding hydrogens is 296 g/mol. The molecule has 2 atom stereocenters. The van der Waals surface area contributed by atoms with Crippen LogP contribution in [0.25, 0.3) is 0 Å². The van der Waals surface area contributed by atoms with Crippen LogP contribution in [-0.4, -0.2) is 50.4 Å². The number of rotatable bonds is 10. The van der Waals surface area contributed by atoms with E-state index in [1.165, 1.54) is 4.90 Å². The molecule has 4 N–H and O–H groups in total. The Morgan fingerprint density at radius 2 is 1.79 bits per heavy atom. The zero-order chi connectivity index (χ0) is 15.1. The molecule has 116 valence electrons. The highest BCUT2D eigenvalue weighted by atomic mass is 31.2. The molecule has 0 aliphatic heterocycles. The lowest BCUT2D eigenvalue weighted by Crippen LogP contribution is -2.33. The van der Waals surface area contributed by atoms with E-state index >= 15 is 0 Å². The zero-order valence-corrected chi connectivity index (χ0v) is 13.0. The average molecular weight is 319 g/mol. The number of hydrogen-bond donors (Lipinski definition) is 4. The zero-order valence-electron chi connectivity index (χ0n) is 11.2. The standard InChI is InChI=1S/C9H23NO7P2/c1-3-4-5-7-10(2)9(19(15,16)17-11)6-8-18(12,13)14/h9,11H,3-8H2,1-2H3,(H,15,16)(H2,12,13,14). The largest absolute Gasteiger partial charge is 0.371 e. The van der Waals surface area contributed by atoms with Crippen LogP contribution >= 0.6 is 15.2 Å². The van der Waals surface area contributed by atoms with E-state index in [-0.39, 0.29) is 6.42 Å². The van der Waals surface area contributed by atoms with Gasteiger partial charge >= 0.3 is 15.2 Å². The summed E-state index contributed by atoms with van der Waals surface area (Å²) in [4.78, 5) is 28.6. The number of unbranched alkanes of at least 4 members (excludes halogenated alkanes) is 2. The van der Waals surface area contributed by atoms with Crippen LogP contribution in [0.4, 0.5) is 0 Å². The van der Waals surface area contributed by atoms with Crippen molar-refractivity contribution in [3.8, 4) is 0 Å². The molecule has 0 amide bonds. The van der Waals surface area contributed by atoms with Gasteiger partial charge in [-0.05, 0) is 26.4 Å². The molecule has 0 saturated heterocycles. The maximum Gasteiger partial charge on any atom is 0.371 e. The molecule has 0 bridgehead atoms. The van der Waals surface area contributed by atoms with Crippen molar-refractivity contribution in [2.24, 2.45) is 0 Å². The molecule has 0 spiro atoms. The molecule has 0 radical (unpaired) electrons. The van der Waals surface area contributed by atoms with Crippen molar-refractivity contribution in [2.45, 2.75) is 38.4 Å². The van der Waals surface area contributed by atoms with Crippen LogP contribution in [0.15, 0.2) is 0 Å². The van der Waals surface area contributed by atoms with Crippen LogP contribution in [0, 0.1) is 0 Å². The van der Waals surface area contributed by atoms with Crippen LogP contribution < -0.4 is 0 Å². The number of hydrogen-bond acceptors (Lipinski definition) is 5. The van der Waals surface area contributed by atoms with E-state index in [1.54, 1.807) is 7.05 Å². The van der Waals surface area contributed by atoms with Gasteiger partial charge < -0.3 is 14.7 Å². The summed E-state index contributed by atoms with van der Waals surface area (Å²) in [6.07, 6.45) is 1.93. The van der Waals surface area contributed by atoms with Gasteiger partial charge in [0.1, 0.15) is 5.78 Å². The quantitative estimate of drug-likeness (QED) is 0.207. The molecule has 0 aromatic carbocycles. The van der Waals surface area contributed by atoms with Crippen molar-refractivity contribution in [3.63, 3.8) is 0 Å². The van der Waals surface area contributed by atoms with Crippen LogP contribution in [0.2, 0.25) is 0 Å².